The first kappa shape index (κ1) is 31.1. The second-order valence-corrected chi connectivity index (χ2v) is 11.5. The molecule has 0 spiro atoms. The molecule has 0 aromatic rings. The number of imide groups is 1. The normalized spacial score (nSPS) is 17.7. The second-order valence-electron chi connectivity index (χ2n) is 10.1. The summed E-state index contributed by atoms with van der Waals surface area (Å²) in [5.41, 5.74) is 0. The maximum Gasteiger partial charge on any atom is 0.243 e. The highest BCUT2D eigenvalue weighted by Gasteiger charge is 2.38. The van der Waals surface area contributed by atoms with Crippen LogP contribution < -0.4 is 5.32 Å². The lowest BCUT2D eigenvalue weighted by Crippen LogP contribution is -2.55. The Kier molecular flexibility index (Phi) is 13.6. The van der Waals surface area contributed by atoms with E-state index < -0.39 is 12.1 Å². The molecule has 1 unspecified atom stereocenters. The van der Waals surface area contributed by atoms with Crippen molar-refractivity contribution in [1.29, 1.82) is 0 Å². The predicted molar refractivity (Wildman–Crippen MR) is 140 cm³/mol. The molecule has 9 heteroatoms. The molecule has 200 valence electrons. The van der Waals surface area contributed by atoms with E-state index in [0.717, 1.165) is 18.6 Å². The maximum atomic E-state index is 12.9. The minimum atomic E-state index is -0.662. The summed E-state index contributed by atoms with van der Waals surface area (Å²) in [7, 11) is 1.63. The van der Waals surface area contributed by atoms with Crippen LogP contribution in [-0.4, -0.2) is 75.9 Å². The number of carbonyl (C=O) groups excluding carboxylic acids is 5. The first-order valence-electron chi connectivity index (χ1n) is 12.9. The SMILES string of the molecule is CCCCSC1CC(=O)N(CCCCCC(=O)N(C)[C@H](C(=O)N[C@H](C(C)=O)C(C)C)C(C)C)C1=O. The van der Waals surface area contributed by atoms with Crippen LogP contribution in [-0.2, 0) is 24.0 Å². The number of likely N-dealkylation sites (tertiary alicyclic amines) is 1. The largest absolute Gasteiger partial charge is 0.344 e. The summed E-state index contributed by atoms with van der Waals surface area (Å²) in [6.07, 6.45) is 4.66. The van der Waals surface area contributed by atoms with Gasteiger partial charge in [0.25, 0.3) is 0 Å². The average molecular weight is 512 g/mol. The Balaban J connectivity index is 2.51. The van der Waals surface area contributed by atoms with Gasteiger partial charge in [-0.2, -0.15) is 0 Å². The molecule has 1 rings (SSSR count). The summed E-state index contributed by atoms with van der Waals surface area (Å²) >= 11 is 1.58. The van der Waals surface area contributed by atoms with E-state index in [4.69, 9.17) is 0 Å². The topological polar surface area (TPSA) is 104 Å². The molecule has 35 heavy (non-hydrogen) atoms. The predicted octanol–water partition coefficient (Wildman–Crippen LogP) is 3.42. The number of Topliss-reactive ketones (excluding diaryl/α,β-unsaturated/α-hetero) is 1. The van der Waals surface area contributed by atoms with Gasteiger partial charge in [-0.3, -0.25) is 28.9 Å². The van der Waals surface area contributed by atoms with Gasteiger partial charge in [-0.05, 0) is 43.8 Å². The summed E-state index contributed by atoms with van der Waals surface area (Å²) in [5.74, 6) is 0.00501. The summed E-state index contributed by atoms with van der Waals surface area (Å²) in [4.78, 5) is 65.2. The Hall–Kier alpha value is -1.90. The van der Waals surface area contributed by atoms with Gasteiger partial charge in [0.2, 0.25) is 23.6 Å². The number of ketones is 1. The monoisotopic (exact) mass is 511 g/mol. The molecule has 0 bridgehead atoms. The quantitative estimate of drug-likeness (QED) is 0.252. The van der Waals surface area contributed by atoms with Crippen molar-refractivity contribution in [2.45, 2.75) is 104 Å². The molecular weight excluding hydrogens is 466 g/mol. The number of thioether (sulfide) groups is 1. The average Bonchev–Trinajstić information content (AvgIpc) is 3.03. The molecule has 0 aromatic carbocycles. The van der Waals surface area contributed by atoms with E-state index in [1.807, 2.05) is 27.7 Å². The zero-order chi connectivity index (χ0) is 26.7. The molecule has 4 amide bonds. The number of unbranched alkanes of at least 4 members (excludes halogenated alkanes) is 3. The fraction of sp³-hybridized carbons (Fsp3) is 0.808. The smallest absolute Gasteiger partial charge is 0.243 e. The van der Waals surface area contributed by atoms with E-state index in [1.165, 1.54) is 16.7 Å². The number of nitrogens with one attached hydrogen (secondary N) is 1. The first-order chi connectivity index (χ1) is 16.4. The third-order valence-corrected chi connectivity index (χ3v) is 7.70. The van der Waals surface area contributed by atoms with Crippen molar-refractivity contribution in [2.24, 2.45) is 11.8 Å². The van der Waals surface area contributed by atoms with E-state index in [-0.39, 0.29) is 59.3 Å². The third kappa shape index (κ3) is 9.58. The Morgan fingerprint density at radius 3 is 2.26 bits per heavy atom. The molecule has 0 aliphatic carbocycles. The van der Waals surface area contributed by atoms with E-state index >= 15 is 0 Å². The number of amides is 4. The second kappa shape index (κ2) is 15.3. The van der Waals surface area contributed by atoms with Crippen LogP contribution in [0.5, 0.6) is 0 Å². The van der Waals surface area contributed by atoms with Crippen molar-refractivity contribution >= 4 is 41.2 Å². The molecule has 1 N–H and O–H groups in total. The van der Waals surface area contributed by atoms with Crippen molar-refractivity contribution in [3.8, 4) is 0 Å². The Bertz CT molecular complexity index is 755. The number of rotatable bonds is 16. The van der Waals surface area contributed by atoms with Crippen molar-refractivity contribution in [3.05, 3.63) is 0 Å². The molecule has 1 saturated heterocycles. The van der Waals surface area contributed by atoms with Crippen molar-refractivity contribution in [1.82, 2.24) is 15.1 Å². The standard InChI is InChI=1S/C26H45N3O5S/c1-8-9-15-35-20-16-22(32)29(26(20)34)14-12-10-11-13-21(31)28(7)24(18(4)5)25(33)27-23(17(2)3)19(6)30/h17-18,20,23-24H,8-16H2,1-7H3,(H,27,33)/t20?,23-,24-/m0/s1. The van der Waals surface area contributed by atoms with Gasteiger partial charge < -0.3 is 10.2 Å². The van der Waals surface area contributed by atoms with Gasteiger partial charge in [-0.15, -0.1) is 11.8 Å². The molecule has 1 fully saturated rings. The van der Waals surface area contributed by atoms with Gasteiger partial charge in [0, 0.05) is 26.4 Å². The lowest BCUT2D eigenvalue weighted by atomic mass is 9.97. The van der Waals surface area contributed by atoms with Gasteiger partial charge in [0.05, 0.1) is 11.3 Å². The maximum absolute atomic E-state index is 12.9. The number of nitrogens with zero attached hydrogens (tertiary/aromatic N) is 2. The Morgan fingerprint density at radius 1 is 1.06 bits per heavy atom. The summed E-state index contributed by atoms with van der Waals surface area (Å²) in [6, 6.07) is -1.24. The fourth-order valence-corrected chi connectivity index (χ4v) is 5.61. The van der Waals surface area contributed by atoms with Gasteiger partial charge in [-0.25, -0.2) is 0 Å². The number of carbonyl (C=O) groups is 5. The molecular formula is C26H45N3O5S. The van der Waals surface area contributed by atoms with Crippen LogP contribution >= 0.6 is 11.8 Å². The molecule has 0 radical (unpaired) electrons. The van der Waals surface area contributed by atoms with E-state index in [2.05, 4.69) is 12.2 Å². The number of likely N-dealkylation sites (N-methyl/N-ethyl adjacent to an activating group) is 1. The van der Waals surface area contributed by atoms with Crippen LogP contribution in [0.25, 0.3) is 0 Å². The van der Waals surface area contributed by atoms with Crippen molar-refractivity contribution in [3.63, 3.8) is 0 Å². The number of hydrogen-bond acceptors (Lipinski definition) is 6. The van der Waals surface area contributed by atoms with Gasteiger partial charge in [0.1, 0.15) is 6.04 Å². The molecule has 1 aliphatic rings. The highest BCUT2D eigenvalue weighted by Crippen LogP contribution is 2.26. The van der Waals surface area contributed by atoms with Crippen molar-refractivity contribution in [2.75, 3.05) is 19.3 Å². The summed E-state index contributed by atoms with van der Waals surface area (Å²) in [6.45, 7) is 11.5. The Morgan fingerprint density at radius 2 is 1.71 bits per heavy atom. The molecule has 0 aromatic heterocycles. The molecule has 0 saturated carbocycles. The third-order valence-electron chi connectivity index (χ3n) is 6.40. The van der Waals surface area contributed by atoms with Crippen molar-refractivity contribution < 1.29 is 24.0 Å². The Labute approximate surface area is 215 Å². The minimum absolute atomic E-state index is 0.0372. The highest BCUT2D eigenvalue weighted by atomic mass is 32.2. The lowest BCUT2D eigenvalue weighted by molar-refractivity contribution is -0.141. The highest BCUT2D eigenvalue weighted by molar-refractivity contribution is 8.00. The fourth-order valence-electron chi connectivity index (χ4n) is 4.34. The van der Waals surface area contributed by atoms with Gasteiger partial charge in [-0.1, -0.05) is 47.5 Å². The van der Waals surface area contributed by atoms with Crippen LogP contribution in [0.3, 0.4) is 0 Å². The summed E-state index contributed by atoms with van der Waals surface area (Å²) < 4.78 is 0. The van der Waals surface area contributed by atoms with Crippen LogP contribution in [0.4, 0.5) is 0 Å². The molecule has 1 heterocycles. The van der Waals surface area contributed by atoms with Crippen LogP contribution in [0, 0.1) is 11.8 Å². The molecule has 8 nitrogen and oxygen atoms in total. The van der Waals surface area contributed by atoms with Gasteiger partial charge in [0.15, 0.2) is 5.78 Å². The number of hydrogen-bond donors (Lipinski definition) is 1. The van der Waals surface area contributed by atoms with E-state index in [1.54, 1.807) is 18.8 Å². The van der Waals surface area contributed by atoms with Crippen LogP contribution in [0.15, 0.2) is 0 Å². The van der Waals surface area contributed by atoms with E-state index in [0.29, 0.717) is 25.8 Å². The zero-order valence-corrected chi connectivity index (χ0v) is 23.4. The first-order valence-corrected chi connectivity index (χ1v) is 14.0. The van der Waals surface area contributed by atoms with E-state index in [9.17, 15) is 24.0 Å². The molecule has 1 aliphatic heterocycles. The summed E-state index contributed by atoms with van der Waals surface area (Å²) in [5, 5.41) is 2.57. The van der Waals surface area contributed by atoms with Crippen LogP contribution in [0.2, 0.25) is 0 Å². The zero-order valence-electron chi connectivity index (χ0n) is 22.6. The lowest BCUT2D eigenvalue weighted by Gasteiger charge is -2.32. The van der Waals surface area contributed by atoms with Crippen LogP contribution in [0.1, 0.15) is 86.5 Å². The molecule has 3 atom stereocenters. The minimum Gasteiger partial charge on any atom is -0.344 e. The van der Waals surface area contributed by atoms with Gasteiger partial charge >= 0.3 is 0 Å².